The zero-order valence-corrected chi connectivity index (χ0v) is 9.87. The van der Waals surface area contributed by atoms with E-state index in [0.29, 0.717) is 6.54 Å². The monoisotopic (exact) mass is 213 g/mol. The molecule has 1 aliphatic rings. The van der Waals surface area contributed by atoms with Crippen LogP contribution in [0.25, 0.3) is 0 Å². The van der Waals surface area contributed by atoms with Gasteiger partial charge in [-0.3, -0.25) is 4.79 Å². The number of Topliss-reactive ketones (excluding diaryl/α,β-unsaturated/α-hetero) is 1. The van der Waals surface area contributed by atoms with E-state index in [9.17, 15) is 9.59 Å². The molecule has 4 heteroatoms. The number of hydrogen-bond donors (Lipinski definition) is 0. The number of carbonyl (C=O) groups is 2. The number of amides is 1. The third-order valence-electron chi connectivity index (χ3n) is 2.39. The van der Waals surface area contributed by atoms with E-state index in [0.717, 1.165) is 6.42 Å². The topological polar surface area (TPSA) is 46.6 Å². The highest BCUT2D eigenvalue weighted by molar-refractivity contribution is 5.89. The van der Waals surface area contributed by atoms with E-state index in [2.05, 4.69) is 0 Å². The molecule has 0 N–H and O–H groups in total. The minimum atomic E-state index is -0.496. The van der Waals surface area contributed by atoms with Gasteiger partial charge in [0.1, 0.15) is 5.60 Å². The molecular weight excluding hydrogens is 194 g/mol. The lowest BCUT2D eigenvalue weighted by molar-refractivity contribution is -0.119. The van der Waals surface area contributed by atoms with Gasteiger partial charge in [-0.1, -0.05) is 6.92 Å². The highest BCUT2D eigenvalue weighted by atomic mass is 16.6. The molecule has 0 radical (unpaired) electrons. The molecule has 1 atom stereocenters. The van der Waals surface area contributed by atoms with E-state index in [4.69, 9.17) is 4.74 Å². The first-order valence-corrected chi connectivity index (χ1v) is 5.34. The largest absolute Gasteiger partial charge is 0.444 e. The first-order chi connectivity index (χ1) is 6.83. The summed E-state index contributed by atoms with van der Waals surface area (Å²) in [6, 6.07) is 0. The van der Waals surface area contributed by atoms with Gasteiger partial charge in [-0.15, -0.1) is 0 Å². The number of ketones is 1. The summed E-state index contributed by atoms with van der Waals surface area (Å²) in [5.41, 5.74) is -0.496. The Kier molecular flexibility index (Phi) is 3.37. The molecule has 86 valence electrons. The fraction of sp³-hybridized carbons (Fsp3) is 0.818. The van der Waals surface area contributed by atoms with Gasteiger partial charge < -0.3 is 9.64 Å². The van der Waals surface area contributed by atoms with Crippen molar-refractivity contribution in [3.8, 4) is 0 Å². The van der Waals surface area contributed by atoms with Crippen molar-refractivity contribution in [1.29, 1.82) is 0 Å². The Morgan fingerprint density at radius 3 is 2.53 bits per heavy atom. The van der Waals surface area contributed by atoms with Gasteiger partial charge in [-0.2, -0.15) is 0 Å². The second-order valence-corrected chi connectivity index (χ2v) is 4.93. The Bertz CT molecular complexity index is 267. The number of rotatable bonds is 1. The summed E-state index contributed by atoms with van der Waals surface area (Å²) in [4.78, 5) is 24.5. The second-order valence-electron chi connectivity index (χ2n) is 4.93. The fourth-order valence-corrected chi connectivity index (χ4v) is 1.57. The maximum Gasteiger partial charge on any atom is 0.410 e. The van der Waals surface area contributed by atoms with Crippen LogP contribution in [0, 0.1) is 5.92 Å². The molecule has 1 saturated heterocycles. The first-order valence-electron chi connectivity index (χ1n) is 5.34. The normalized spacial score (nSPS) is 22.0. The minimum Gasteiger partial charge on any atom is -0.444 e. The van der Waals surface area contributed by atoms with Crippen LogP contribution in [0.2, 0.25) is 0 Å². The van der Waals surface area contributed by atoms with Gasteiger partial charge in [-0.05, 0) is 27.2 Å². The summed E-state index contributed by atoms with van der Waals surface area (Å²) in [5, 5.41) is 0. The maximum atomic E-state index is 11.6. The Labute approximate surface area is 90.6 Å². The Morgan fingerprint density at radius 1 is 1.53 bits per heavy atom. The van der Waals surface area contributed by atoms with Crippen LogP contribution in [0.1, 0.15) is 34.1 Å². The Balaban J connectivity index is 2.53. The predicted molar refractivity (Wildman–Crippen MR) is 56.6 cm³/mol. The van der Waals surface area contributed by atoms with Gasteiger partial charge in [0.05, 0.1) is 6.54 Å². The van der Waals surface area contributed by atoms with Gasteiger partial charge in [0.15, 0.2) is 5.78 Å². The number of ether oxygens (including phenoxy) is 1. The zero-order chi connectivity index (χ0) is 11.6. The standard InChI is InChI=1S/C11H19NO3/c1-5-8-6-12(7-9(8)13)10(14)15-11(2,3)4/h8H,5-7H2,1-4H3/t8-/m0/s1. The van der Waals surface area contributed by atoms with Gasteiger partial charge in [0.2, 0.25) is 0 Å². The van der Waals surface area contributed by atoms with Crippen molar-refractivity contribution in [3.05, 3.63) is 0 Å². The molecule has 0 aromatic heterocycles. The van der Waals surface area contributed by atoms with E-state index in [1.54, 1.807) is 0 Å². The summed E-state index contributed by atoms with van der Waals surface area (Å²) in [6.45, 7) is 8.12. The zero-order valence-electron chi connectivity index (χ0n) is 9.87. The Hall–Kier alpha value is -1.06. The van der Waals surface area contributed by atoms with Crippen LogP contribution < -0.4 is 0 Å². The maximum absolute atomic E-state index is 11.6. The SMILES string of the molecule is CC[C@H]1CN(C(=O)OC(C)(C)C)CC1=O. The molecule has 1 amide bonds. The lowest BCUT2D eigenvalue weighted by Gasteiger charge is -2.23. The van der Waals surface area contributed by atoms with E-state index in [1.165, 1.54) is 4.90 Å². The summed E-state index contributed by atoms with van der Waals surface area (Å²) in [7, 11) is 0. The molecule has 0 unspecified atom stereocenters. The van der Waals surface area contributed by atoms with Crippen molar-refractivity contribution < 1.29 is 14.3 Å². The summed E-state index contributed by atoms with van der Waals surface area (Å²) in [6.07, 6.45) is 0.407. The summed E-state index contributed by atoms with van der Waals surface area (Å²) < 4.78 is 5.20. The van der Waals surface area contributed by atoms with Crippen molar-refractivity contribution in [2.75, 3.05) is 13.1 Å². The minimum absolute atomic E-state index is 0.00230. The second kappa shape index (κ2) is 4.21. The van der Waals surface area contributed by atoms with Gasteiger partial charge in [0, 0.05) is 12.5 Å². The van der Waals surface area contributed by atoms with Crippen LogP contribution in [0.5, 0.6) is 0 Å². The average Bonchev–Trinajstić information content (AvgIpc) is 2.43. The molecule has 0 aromatic rings. The highest BCUT2D eigenvalue weighted by Crippen LogP contribution is 2.18. The van der Waals surface area contributed by atoms with Crippen LogP contribution in [0.3, 0.4) is 0 Å². The quantitative estimate of drug-likeness (QED) is 0.667. The van der Waals surface area contributed by atoms with Gasteiger partial charge in [-0.25, -0.2) is 4.79 Å². The van der Waals surface area contributed by atoms with E-state index in [1.807, 2.05) is 27.7 Å². The molecule has 1 fully saturated rings. The molecule has 0 aliphatic carbocycles. The molecule has 0 saturated carbocycles. The molecule has 15 heavy (non-hydrogen) atoms. The Morgan fingerprint density at radius 2 is 2.13 bits per heavy atom. The van der Waals surface area contributed by atoms with Gasteiger partial charge in [0.25, 0.3) is 0 Å². The molecule has 1 rings (SSSR count). The van der Waals surface area contributed by atoms with E-state index >= 15 is 0 Å². The molecule has 0 aromatic carbocycles. The van der Waals surface area contributed by atoms with Crippen LogP contribution in [-0.4, -0.2) is 35.5 Å². The van der Waals surface area contributed by atoms with Crippen LogP contribution in [-0.2, 0) is 9.53 Å². The van der Waals surface area contributed by atoms with Crippen molar-refractivity contribution in [2.45, 2.75) is 39.7 Å². The van der Waals surface area contributed by atoms with Crippen LogP contribution in [0.4, 0.5) is 4.79 Å². The molecule has 1 aliphatic heterocycles. The van der Waals surface area contributed by atoms with Crippen molar-refractivity contribution >= 4 is 11.9 Å². The van der Waals surface area contributed by atoms with Crippen molar-refractivity contribution in [1.82, 2.24) is 4.90 Å². The number of carbonyl (C=O) groups excluding carboxylic acids is 2. The highest BCUT2D eigenvalue weighted by Gasteiger charge is 2.34. The van der Waals surface area contributed by atoms with Crippen molar-refractivity contribution in [2.24, 2.45) is 5.92 Å². The summed E-state index contributed by atoms with van der Waals surface area (Å²) in [5.74, 6) is 0.140. The molecule has 0 spiro atoms. The number of likely N-dealkylation sites (tertiary alicyclic amines) is 1. The smallest absolute Gasteiger partial charge is 0.410 e. The van der Waals surface area contributed by atoms with Crippen molar-refractivity contribution in [3.63, 3.8) is 0 Å². The lowest BCUT2D eigenvalue weighted by Crippen LogP contribution is -2.35. The fourth-order valence-electron chi connectivity index (χ4n) is 1.57. The molecular formula is C11H19NO3. The first kappa shape index (κ1) is 12.0. The van der Waals surface area contributed by atoms with Crippen LogP contribution in [0.15, 0.2) is 0 Å². The van der Waals surface area contributed by atoms with E-state index < -0.39 is 5.60 Å². The molecule has 0 bridgehead atoms. The van der Waals surface area contributed by atoms with Gasteiger partial charge >= 0.3 is 6.09 Å². The average molecular weight is 213 g/mol. The third-order valence-corrected chi connectivity index (χ3v) is 2.39. The summed E-state index contributed by atoms with van der Waals surface area (Å²) >= 11 is 0. The number of nitrogens with zero attached hydrogens (tertiary/aromatic N) is 1. The van der Waals surface area contributed by atoms with Crippen LogP contribution >= 0.6 is 0 Å². The number of hydrogen-bond acceptors (Lipinski definition) is 3. The third kappa shape index (κ3) is 3.22. The lowest BCUT2D eigenvalue weighted by atomic mass is 10.1. The van der Waals surface area contributed by atoms with E-state index in [-0.39, 0.29) is 24.3 Å². The molecule has 1 heterocycles. The molecule has 4 nitrogen and oxygen atoms in total. The predicted octanol–water partition coefficient (Wildman–Crippen LogP) is 1.83.